The minimum atomic E-state index is -2.15. The van der Waals surface area contributed by atoms with Gasteiger partial charge in [-0.05, 0) is 77.0 Å². The van der Waals surface area contributed by atoms with Gasteiger partial charge >= 0.3 is 0 Å². The molecule has 0 saturated heterocycles. The van der Waals surface area contributed by atoms with Crippen LogP contribution in [0.1, 0.15) is 60.3 Å². The topological polar surface area (TPSA) is 57.0 Å². The molecule has 11 aromatic rings. The van der Waals surface area contributed by atoms with Crippen LogP contribution in [-0.4, -0.2) is 14.5 Å². The maximum atomic E-state index is 12.7. The Hall–Kier alpha value is -6.66. The number of imidazole rings is 1. The third-order valence-corrected chi connectivity index (χ3v) is 11.3. The number of aryl methyl sites for hydroxylation is 1. The van der Waals surface area contributed by atoms with Crippen LogP contribution in [0, 0.1) is 24.8 Å². The maximum Gasteiger partial charge on any atom is 0.140 e. The van der Waals surface area contributed by atoms with Crippen LogP contribution >= 0.6 is 0 Å². The molecule has 7 aromatic carbocycles. The van der Waals surface area contributed by atoms with Gasteiger partial charge in [-0.1, -0.05) is 124 Å². The molecule has 0 aliphatic carbocycles. The third-order valence-electron chi connectivity index (χ3n) is 11.3. The summed E-state index contributed by atoms with van der Waals surface area (Å²) in [4.78, 5) is 9.34. The van der Waals surface area contributed by atoms with Gasteiger partial charge < -0.3 is 18.4 Å². The molecule has 0 spiro atoms. The molecule has 0 fully saturated rings. The van der Waals surface area contributed by atoms with E-state index in [0.717, 1.165) is 83.1 Å². The van der Waals surface area contributed by atoms with E-state index >= 15 is 0 Å². The summed E-state index contributed by atoms with van der Waals surface area (Å²) in [5.41, 5.74) is 13.5. The average molecular weight is 991 g/mol. The molecule has 4 heterocycles. The first-order valence-corrected chi connectivity index (χ1v) is 20.5. The SMILES string of the molecule is CC(C)c1cc2c(oc3ccccc32)c(C(C)C)c1-n1c(-c2[c-]ccc3c2oc2cc(-c4ccccc4)ccc23)nc2ccccc21.[2H]C([2H])([2H])c1ccc(-c2[c-]cc(F)cc2)nc1.[Ir]. The molecule has 0 saturated carbocycles. The van der Waals surface area contributed by atoms with Crippen molar-refractivity contribution in [3.63, 3.8) is 0 Å². The third kappa shape index (κ3) is 7.21. The second-order valence-electron chi connectivity index (χ2n) is 15.9. The number of hydrogen-bond donors (Lipinski definition) is 0. The van der Waals surface area contributed by atoms with Crippen LogP contribution in [0.15, 0.2) is 161 Å². The molecule has 62 heavy (non-hydrogen) atoms. The first-order chi connectivity index (χ1) is 30.9. The van der Waals surface area contributed by atoms with Gasteiger partial charge in [0.1, 0.15) is 16.7 Å². The number of nitrogens with zero attached hydrogens (tertiary/aromatic N) is 3. The van der Waals surface area contributed by atoms with E-state index in [0.29, 0.717) is 11.3 Å². The monoisotopic (exact) mass is 991 g/mol. The summed E-state index contributed by atoms with van der Waals surface area (Å²) in [6.45, 7) is 6.89. The first kappa shape index (κ1) is 37.1. The molecule has 0 N–H and O–H groups in total. The number of rotatable bonds is 6. The number of hydrogen-bond acceptors (Lipinski definition) is 4. The maximum absolute atomic E-state index is 12.7. The van der Waals surface area contributed by atoms with Gasteiger partial charge in [0.05, 0.1) is 22.4 Å². The second kappa shape index (κ2) is 16.7. The van der Waals surface area contributed by atoms with Crippen LogP contribution in [0.4, 0.5) is 4.39 Å². The first-order valence-electron chi connectivity index (χ1n) is 22.0. The predicted molar refractivity (Wildman–Crippen MR) is 247 cm³/mol. The smallest absolute Gasteiger partial charge is 0.140 e. The summed E-state index contributed by atoms with van der Waals surface area (Å²) >= 11 is 0. The van der Waals surface area contributed by atoms with E-state index in [2.05, 4.69) is 146 Å². The Labute approximate surface area is 377 Å². The van der Waals surface area contributed by atoms with E-state index in [1.165, 1.54) is 35.5 Å². The molecule has 0 unspecified atom stereocenters. The quantitative estimate of drug-likeness (QED) is 0.156. The Morgan fingerprint density at radius 2 is 1.45 bits per heavy atom. The fourth-order valence-electron chi connectivity index (χ4n) is 8.38. The molecule has 0 aliphatic heterocycles. The number of fused-ring (bicyclic) bond motifs is 7. The fourth-order valence-corrected chi connectivity index (χ4v) is 8.38. The minimum Gasteiger partial charge on any atom is -0.501 e. The van der Waals surface area contributed by atoms with E-state index in [9.17, 15) is 4.39 Å². The number of para-hydroxylation sites is 3. The van der Waals surface area contributed by atoms with Crippen molar-refractivity contribution >= 4 is 54.9 Å². The molecule has 7 heteroatoms. The summed E-state index contributed by atoms with van der Waals surface area (Å²) in [5.74, 6) is 0.867. The van der Waals surface area contributed by atoms with Crippen LogP contribution in [0.3, 0.4) is 0 Å². The van der Waals surface area contributed by atoms with Crippen LogP contribution in [0.5, 0.6) is 0 Å². The van der Waals surface area contributed by atoms with Gasteiger partial charge in [-0.15, -0.1) is 48.0 Å². The Bertz CT molecular complexity index is 3500. The standard InChI is InChI=1S/C43H33N2O2.C12H9FN.Ir/c1-25(2)33-24-34-29-15-8-11-20-37(29)46-42(34)39(26(3)4)40(33)45-36-19-10-9-18-35(36)44-43(45)32-17-12-16-31-30-22-21-28(23-38(30)47-41(31)32)27-13-6-5-7-14-27;1-9-2-7-12(14-8-9)10-3-5-11(13)6-4-10;/h5-16,18-26H,1-4H3;2-3,5-8H,1H3;/q2*-1;/i;1D3;. The van der Waals surface area contributed by atoms with Crippen molar-refractivity contribution in [3.8, 4) is 39.5 Å². The van der Waals surface area contributed by atoms with Crippen LogP contribution in [0.2, 0.25) is 0 Å². The normalized spacial score (nSPS) is 12.5. The molecule has 0 atom stereocenters. The molecular weight excluding hydrogens is 946 g/mol. The summed E-state index contributed by atoms with van der Waals surface area (Å²) in [7, 11) is 0. The zero-order valence-corrected chi connectivity index (χ0v) is 36.9. The zero-order chi connectivity index (χ0) is 44.3. The van der Waals surface area contributed by atoms with Crippen molar-refractivity contribution in [2.45, 2.75) is 46.4 Å². The fraction of sp³-hybridized carbons (Fsp3) is 0.127. The molecule has 4 aromatic heterocycles. The molecule has 307 valence electrons. The van der Waals surface area contributed by atoms with Crippen LogP contribution in [0.25, 0.3) is 94.4 Å². The van der Waals surface area contributed by atoms with E-state index in [1.54, 1.807) is 12.1 Å². The summed E-state index contributed by atoms with van der Waals surface area (Å²) in [6.07, 6.45) is 1.31. The molecule has 0 bridgehead atoms. The van der Waals surface area contributed by atoms with Gasteiger partial charge in [0.2, 0.25) is 0 Å². The Kier molecular flexibility index (Phi) is 9.98. The van der Waals surface area contributed by atoms with E-state index in [1.807, 2.05) is 18.2 Å². The minimum absolute atomic E-state index is 0. The molecular formula is C55H42FIrN3O2-2. The van der Waals surface area contributed by atoms with E-state index < -0.39 is 6.85 Å². The number of furan rings is 2. The molecule has 5 nitrogen and oxygen atoms in total. The van der Waals surface area contributed by atoms with Gasteiger partial charge in [0.15, 0.2) is 0 Å². The van der Waals surface area contributed by atoms with Crippen molar-refractivity contribution in [2.75, 3.05) is 0 Å². The van der Waals surface area contributed by atoms with Crippen molar-refractivity contribution < 1.29 is 37.4 Å². The number of aromatic nitrogens is 3. The average Bonchev–Trinajstić information content (AvgIpc) is 4.00. The van der Waals surface area contributed by atoms with Crippen LogP contribution in [-0.2, 0) is 20.1 Å². The summed E-state index contributed by atoms with van der Waals surface area (Å²) in [6, 6.07) is 53.5. The van der Waals surface area contributed by atoms with Gasteiger partial charge in [-0.2, -0.15) is 0 Å². The molecule has 0 aliphatic rings. The molecule has 11 rings (SSSR count). The number of benzene rings is 7. The van der Waals surface area contributed by atoms with E-state index in [-0.39, 0.29) is 43.3 Å². The van der Waals surface area contributed by atoms with Gasteiger partial charge in [-0.25, -0.2) is 0 Å². The van der Waals surface area contributed by atoms with Crippen LogP contribution < -0.4 is 0 Å². The van der Waals surface area contributed by atoms with Gasteiger partial charge in [-0.3, -0.25) is 9.37 Å². The van der Waals surface area contributed by atoms with Crippen molar-refractivity contribution in [2.24, 2.45) is 0 Å². The van der Waals surface area contributed by atoms with E-state index in [4.69, 9.17) is 17.9 Å². The predicted octanol–water partition coefficient (Wildman–Crippen LogP) is 15.2. The van der Waals surface area contributed by atoms with Gasteiger partial charge in [0, 0.05) is 63.6 Å². The van der Waals surface area contributed by atoms with Gasteiger partial charge in [0.25, 0.3) is 0 Å². The Morgan fingerprint density at radius 1 is 0.677 bits per heavy atom. The Balaban J connectivity index is 0.000000250. The zero-order valence-electron chi connectivity index (χ0n) is 37.5. The number of halogens is 1. The second-order valence-corrected chi connectivity index (χ2v) is 15.9. The number of pyridine rings is 1. The summed E-state index contributed by atoms with van der Waals surface area (Å²) < 4.78 is 50.1. The Morgan fingerprint density at radius 3 is 2.21 bits per heavy atom. The molecule has 0 amide bonds. The molecule has 1 radical (unpaired) electrons. The summed E-state index contributed by atoms with van der Waals surface area (Å²) in [5, 5.41) is 4.42. The van der Waals surface area contributed by atoms with Crippen molar-refractivity contribution in [1.29, 1.82) is 0 Å². The van der Waals surface area contributed by atoms with Crippen molar-refractivity contribution in [3.05, 3.63) is 186 Å². The van der Waals surface area contributed by atoms with Crippen molar-refractivity contribution in [1.82, 2.24) is 14.5 Å². The largest absolute Gasteiger partial charge is 0.501 e.